The molecular weight excluding hydrogens is 1180 g/mol. The van der Waals surface area contributed by atoms with E-state index in [4.69, 9.17) is 25.7 Å². The molecule has 0 saturated carbocycles. The molecule has 12 amide bonds. The highest BCUT2D eigenvalue weighted by Crippen LogP contribution is 2.33. The van der Waals surface area contributed by atoms with Crippen LogP contribution < -0.4 is 64.6 Å². The summed E-state index contributed by atoms with van der Waals surface area (Å²) in [6, 6.07) is -2.85. The van der Waals surface area contributed by atoms with Crippen LogP contribution in [0.1, 0.15) is 90.3 Å². The average Bonchev–Trinajstić information content (AvgIpc) is 1.91. The van der Waals surface area contributed by atoms with E-state index in [1.165, 1.54) is 4.68 Å². The van der Waals surface area contributed by atoms with Gasteiger partial charge in [0.1, 0.15) is 48.9 Å². The fourth-order valence-corrected chi connectivity index (χ4v) is 11.9. The molecule has 31 nitrogen and oxygen atoms in total. The predicted molar refractivity (Wildman–Crippen MR) is 322 cm³/mol. The third-order valence-corrected chi connectivity index (χ3v) is 16.7. The van der Waals surface area contributed by atoms with E-state index < -0.39 is 127 Å². The predicted octanol–water partition coefficient (Wildman–Crippen LogP) is -3.32. The first kappa shape index (κ1) is 70.2. The molecule has 89 heavy (non-hydrogen) atoms. The van der Waals surface area contributed by atoms with E-state index in [1.807, 2.05) is 30.0 Å². The van der Waals surface area contributed by atoms with Crippen LogP contribution in [0.5, 0.6) is 0 Å². The van der Waals surface area contributed by atoms with Crippen molar-refractivity contribution in [3.05, 3.63) is 47.9 Å². The van der Waals surface area contributed by atoms with Gasteiger partial charge in [-0.2, -0.15) is 11.8 Å². The van der Waals surface area contributed by atoms with Gasteiger partial charge in [0.2, 0.25) is 59.1 Å². The van der Waals surface area contributed by atoms with Gasteiger partial charge < -0.3 is 88.9 Å². The number of ether oxygens (including phenoxy) is 3. The summed E-state index contributed by atoms with van der Waals surface area (Å²) in [6.07, 6.45) is 5.77. The number of unbranched alkanes of at least 4 members (excludes halogenated alkanes) is 1. The molecule has 3 aromatic rings. The van der Waals surface area contributed by atoms with Gasteiger partial charge in [0.25, 0.3) is 0 Å². The maximum Gasteiger partial charge on any atom is 0.315 e. The number of rotatable bonds is 25. The number of aromatic amines is 1. The van der Waals surface area contributed by atoms with Gasteiger partial charge in [-0.05, 0) is 55.6 Å². The maximum absolute atomic E-state index is 14.6. The van der Waals surface area contributed by atoms with Crippen LogP contribution in [0.4, 0.5) is 4.79 Å². The normalized spacial score (nSPS) is 24.5. The van der Waals surface area contributed by atoms with Crippen LogP contribution in [0.3, 0.4) is 0 Å². The van der Waals surface area contributed by atoms with Gasteiger partial charge in [0.15, 0.2) is 0 Å². The van der Waals surface area contributed by atoms with Gasteiger partial charge in [-0.15, -0.1) is 5.10 Å². The SMILES string of the molecule is CC(C)[C@H]1NC(=O)[C@@H](CC(N)=O)NC(=O)[C@@H](CO)NC(=O)[C@@H](C(C)C)NC(=O)[C@@H](Cc2c[nH]c3ccccc23)NC(=O)[C@@H](NC(=O)COCCOCCOCCNC(=O)CCCCC2SC[C@H]3NC(=O)N[C@@H]23)Cc2cn(nn2)CCCC[C@@H](C(N)=O)NC1=O. The fraction of sp³-hybridized carbons (Fsp3) is 0.632. The number of hydrogen-bond donors (Lipinski definition) is 14. The minimum absolute atomic E-state index is 0.0141. The van der Waals surface area contributed by atoms with Crippen molar-refractivity contribution in [3.63, 3.8) is 0 Å². The molecule has 3 aliphatic rings. The number of aliphatic hydroxyl groups excluding tert-OH is 1. The molecule has 0 spiro atoms. The van der Waals surface area contributed by atoms with E-state index >= 15 is 0 Å². The lowest BCUT2D eigenvalue weighted by molar-refractivity contribution is -0.137. The molecule has 2 aromatic heterocycles. The van der Waals surface area contributed by atoms with Gasteiger partial charge in [-0.25, -0.2) is 4.79 Å². The second-order valence-corrected chi connectivity index (χ2v) is 24.1. The number of thioether (sulfide) groups is 1. The molecule has 0 radical (unpaired) electrons. The highest BCUT2D eigenvalue weighted by atomic mass is 32.2. The number of primary amides is 2. The third-order valence-electron chi connectivity index (χ3n) is 15.1. The lowest BCUT2D eigenvalue weighted by atomic mass is 9.99. The minimum atomic E-state index is -1.77. The van der Waals surface area contributed by atoms with Crippen molar-refractivity contribution in [2.75, 3.05) is 58.5 Å². The number of urea groups is 1. The minimum Gasteiger partial charge on any atom is -0.394 e. The number of para-hydroxylation sites is 1. The highest BCUT2D eigenvalue weighted by molar-refractivity contribution is 8.00. The Morgan fingerprint density at radius 3 is 2.09 bits per heavy atom. The first-order valence-corrected chi connectivity index (χ1v) is 31.1. The Hall–Kier alpha value is -7.94. The number of aliphatic hydroxyl groups is 1. The molecule has 6 rings (SSSR count). The zero-order valence-electron chi connectivity index (χ0n) is 50.6. The molecule has 5 heterocycles. The van der Waals surface area contributed by atoms with Crippen molar-refractivity contribution < 1.29 is 72.1 Å². The van der Waals surface area contributed by atoms with Crippen LogP contribution in [0.25, 0.3) is 10.9 Å². The van der Waals surface area contributed by atoms with Gasteiger partial charge >= 0.3 is 6.03 Å². The monoisotopic (exact) mass is 1270 g/mol. The number of hydrogen-bond acceptors (Lipinski definition) is 18. The largest absolute Gasteiger partial charge is 0.394 e. The zero-order valence-corrected chi connectivity index (χ0v) is 51.4. The fourth-order valence-electron chi connectivity index (χ4n) is 10.3. The number of amides is 12. The number of benzene rings is 1. The summed E-state index contributed by atoms with van der Waals surface area (Å²) in [5.74, 6) is -8.72. The quantitative estimate of drug-likeness (QED) is 0.0292. The Kier molecular flexibility index (Phi) is 27.8. The van der Waals surface area contributed by atoms with Crippen molar-refractivity contribution in [2.24, 2.45) is 23.3 Å². The Balaban J connectivity index is 1.10. The first-order valence-electron chi connectivity index (χ1n) is 30.0. The van der Waals surface area contributed by atoms with Crippen LogP contribution in [0.15, 0.2) is 36.7 Å². The van der Waals surface area contributed by atoms with Crippen LogP contribution in [0.2, 0.25) is 0 Å². The zero-order chi connectivity index (χ0) is 64.6. The lowest BCUT2D eigenvalue weighted by Crippen LogP contribution is -2.62. The van der Waals surface area contributed by atoms with Gasteiger partial charge in [-0.1, -0.05) is 57.5 Å². The second-order valence-electron chi connectivity index (χ2n) is 22.8. The van der Waals surface area contributed by atoms with Crippen molar-refractivity contribution in [1.82, 2.24) is 73.1 Å². The molecule has 490 valence electrons. The van der Waals surface area contributed by atoms with Crippen molar-refractivity contribution in [3.8, 4) is 0 Å². The van der Waals surface area contributed by atoms with E-state index in [9.17, 15) is 57.8 Å². The summed E-state index contributed by atoms with van der Waals surface area (Å²) in [5, 5.41) is 46.6. The summed E-state index contributed by atoms with van der Waals surface area (Å²) in [4.78, 5) is 150. The Morgan fingerprint density at radius 2 is 1.39 bits per heavy atom. The van der Waals surface area contributed by atoms with Gasteiger partial charge in [0, 0.05) is 66.7 Å². The molecule has 1 unspecified atom stereocenters. The van der Waals surface area contributed by atoms with E-state index in [2.05, 4.69) is 68.5 Å². The van der Waals surface area contributed by atoms with Crippen molar-refractivity contribution in [2.45, 2.75) is 158 Å². The molecule has 16 N–H and O–H groups in total. The molecular formula is C57H86N16O15S. The number of H-pyrrole nitrogens is 1. The number of carbonyl (C=O) groups is 11. The maximum atomic E-state index is 14.6. The molecule has 0 aliphatic carbocycles. The molecule has 10 atom stereocenters. The van der Waals surface area contributed by atoms with E-state index in [1.54, 1.807) is 46.2 Å². The van der Waals surface area contributed by atoms with Crippen molar-refractivity contribution >= 4 is 87.8 Å². The first-order chi connectivity index (χ1) is 42.6. The van der Waals surface area contributed by atoms with Gasteiger partial charge in [0.05, 0.1) is 63.8 Å². The summed E-state index contributed by atoms with van der Waals surface area (Å²) >= 11 is 1.84. The molecule has 2 fully saturated rings. The standard InChI is InChI=1S/C57H86N16O15S/c1-31(2)47-55(83)63-37(50(59)78)13-9-10-17-73-27-34(71-72-73)24-39(62-46(77)29-88-22-21-87-20-19-86-18-16-60-45(76)15-8-7-14-43-49-42(30-89-43)67-57(85)70-49)51(79)64-38(23-33-26-61-36-12-6-5-11-35(33)36)52(80)68-48(32(3)4)56(84)66-41(28-74)54(82)65-40(25-44(58)75)53(81)69-47/h5-6,11-12,26-27,31-32,37-43,47-49,61,74H,7-10,13-25,28-30H2,1-4H3,(H2,58,75)(H2,59,78)(H,60,76)(H,62,77)(H,63,83)(H,64,79)(H,65,82)(H,66,84)(H,68,80)(H,69,81)(H2,67,70,85)/t37-,38+,39-,40+,41+,42+,43?,47+,48+,49+/m0/s1. The van der Waals surface area contributed by atoms with E-state index in [0.717, 1.165) is 35.9 Å². The Morgan fingerprint density at radius 1 is 0.742 bits per heavy atom. The molecule has 3 aliphatic heterocycles. The van der Waals surface area contributed by atoms with Crippen molar-refractivity contribution in [1.29, 1.82) is 0 Å². The number of aryl methyl sites for hydroxylation is 1. The van der Waals surface area contributed by atoms with E-state index in [0.29, 0.717) is 36.6 Å². The summed E-state index contributed by atoms with van der Waals surface area (Å²) in [6.45, 7) is 6.19. The Bertz CT molecular complexity index is 2930. The molecule has 32 heteroatoms. The van der Waals surface area contributed by atoms with Crippen LogP contribution in [-0.2, 0) is 81.5 Å². The van der Waals surface area contributed by atoms with Crippen LogP contribution in [0, 0.1) is 11.8 Å². The third kappa shape index (κ3) is 22.3. The molecule has 2 saturated heterocycles. The molecule has 1 aromatic carbocycles. The topological polar surface area (TPSA) is 455 Å². The number of nitrogens with zero attached hydrogens (tertiary/aromatic N) is 3. The molecule has 2 bridgehead atoms. The number of aromatic nitrogens is 4. The number of fused-ring (bicyclic) bond motifs is 4. The smallest absolute Gasteiger partial charge is 0.315 e. The summed E-state index contributed by atoms with van der Waals surface area (Å²) < 4.78 is 18.2. The number of nitrogens with two attached hydrogens (primary N) is 2. The summed E-state index contributed by atoms with van der Waals surface area (Å²) in [5.41, 5.74) is 12.7. The highest BCUT2D eigenvalue weighted by Gasteiger charge is 2.43. The lowest BCUT2D eigenvalue weighted by Gasteiger charge is -2.29. The average molecular weight is 1270 g/mol. The number of nitrogens with one attached hydrogen (secondary N) is 11. The number of carbonyl (C=O) groups excluding carboxylic acids is 11. The Labute approximate surface area is 519 Å². The van der Waals surface area contributed by atoms with Gasteiger partial charge in [-0.3, -0.25) is 52.6 Å². The van der Waals surface area contributed by atoms with Crippen LogP contribution in [-0.4, -0.2) is 208 Å². The van der Waals surface area contributed by atoms with E-state index in [-0.39, 0.29) is 88.6 Å². The summed E-state index contributed by atoms with van der Waals surface area (Å²) in [7, 11) is 0. The second kappa shape index (κ2) is 35.3. The van der Waals surface area contributed by atoms with Crippen LogP contribution >= 0.6 is 11.8 Å².